The standard InChI is InChI=1S/C18H21FN4O2S2/c1-4-17(13-8-10-14(19)11-9-13)21-22-18(26)20-15-6-5-7-16(12-15)27(24,25)23(2)3/h5-12H,4H2,1-3H3,(H2,20,22,26). The van der Waals surface area contributed by atoms with Gasteiger partial charge in [-0.15, -0.1) is 0 Å². The van der Waals surface area contributed by atoms with E-state index in [0.29, 0.717) is 17.8 Å². The Balaban J connectivity index is 2.10. The summed E-state index contributed by atoms with van der Waals surface area (Å²) in [5.41, 5.74) is 4.75. The third-order valence-electron chi connectivity index (χ3n) is 3.68. The molecule has 0 fully saturated rings. The van der Waals surface area contributed by atoms with Gasteiger partial charge in [-0.05, 0) is 54.5 Å². The zero-order chi connectivity index (χ0) is 20.0. The summed E-state index contributed by atoms with van der Waals surface area (Å²) in [6.45, 7) is 1.93. The van der Waals surface area contributed by atoms with E-state index in [1.165, 1.54) is 38.4 Å². The van der Waals surface area contributed by atoms with Gasteiger partial charge in [-0.2, -0.15) is 5.10 Å². The van der Waals surface area contributed by atoms with E-state index in [1.807, 2.05) is 6.92 Å². The van der Waals surface area contributed by atoms with Gasteiger partial charge in [-0.3, -0.25) is 5.43 Å². The van der Waals surface area contributed by atoms with Gasteiger partial charge in [-0.25, -0.2) is 17.1 Å². The predicted octanol–water partition coefficient (Wildman–Crippen LogP) is 3.18. The van der Waals surface area contributed by atoms with Crippen molar-refractivity contribution < 1.29 is 12.8 Å². The molecule has 0 aliphatic carbocycles. The topological polar surface area (TPSA) is 73.8 Å². The summed E-state index contributed by atoms with van der Waals surface area (Å²) in [7, 11) is -0.592. The molecule has 0 aliphatic rings. The number of hydrogen-bond acceptors (Lipinski definition) is 4. The number of anilines is 1. The summed E-state index contributed by atoms with van der Waals surface area (Å²) in [5.74, 6) is -0.313. The van der Waals surface area contributed by atoms with Gasteiger partial charge in [0.2, 0.25) is 10.0 Å². The average Bonchev–Trinajstić information content (AvgIpc) is 2.63. The summed E-state index contributed by atoms with van der Waals surface area (Å²) in [6, 6.07) is 12.4. The normalized spacial score (nSPS) is 12.1. The van der Waals surface area contributed by atoms with E-state index in [9.17, 15) is 12.8 Å². The lowest BCUT2D eigenvalue weighted by Crippen LogP contribution is -2.26. The van der Waals surface area contributed by atoms with E-state index in [2.05, 4.69) is 15.8 Å². The summed E-state index contributed by atoms with van der Waals surface area (Å²) in [6.07, 6.45) is 0.623. The first-order chi connectivity index (χ1) is 12.7. The molecule has 2 aromatic carbocycles. The lowest BCUT2D eigenvalue weighted by atomic mass is 10.1. The highest BCUT2D eigenvalue weighted by molar-refractivity contribution is 7.89. The summed E-state index contributed by atoms with van der Waals surface area (Å²) in [5, 5.41) is 7.37. The van der Waals surface area contributed by atoms with E-state index in [1.54, 1.807) is 24.3 Å². The fraction of sp³-hybridized carbons (Fsp3) is 0.222. The minimum atomic E-state index is -3.53. The SMILES string of the molecule is CCC(=NNC(=S)Nc1cccc(S(=O)(=O)N(C)C)c1)c1ccc(F)cc1. The quantitative estimate of drug-likeness (QED) is 0.436. The fourth-order valence-corrected chi connectivity index (χ4v) is 3.32. The first-order valence-corrected chi connectivity index (χ1v) is 10.0. The van der Waals surface area contributed by atoms with Gasteiger partial charge in [0.25, 0.3) is 0 Å². The van der Waals surface area contributed by atoms with Gasteiger partial charge in [0, 0.05) is 19.8 Å². The van der Waals surface area contributed by atoms with Crippen LogP contribution in [0.3, 0.4) is 0 Å². The number of sulfonamides is 1. The van der Waals surface area contributed by atoms with Gasteiger partial charge >= 0.3 is 0 Å². The van der Waals surface area contributed by atoms with E-state index in [-0.39, 0.29) is 15.8 Å². The predicted molar refractivity (Wildman–Crippen MR) is 110 cm³/mol. The Bertz CT molecular complexity index is 942. The maximum Gasteiger partial charge on any atom is 0.242 e. The lowest BCUT2D eigenvalue weighted by molar-refractivity contribution is 0.521. The molecule has 0 amide bonds. The Kier molecular flexibility index (Phi) is 7.00. The Morgan fingerprint density at radius 1 is 1.19 bits per heavy atom. The molecule has 0 unspecified atom stereocenters. The molecule has 0 aliphatic heterocycles. The monoisotopic (exact) mass is 408 g/mol. The molecule has 27 heavy (non-hydrogen) atoms. The zero-order valence-electron chi connectivity index (χ0n) is 15.2. The molecule has 0 bridgehead atoms. The second kappa shape index (κ2) is 9.03. The van der Waals surface area contributed by atoms with Crippen LogP contribution in [0.4, 0.5) is 10.1 Å². The third-order valence-corrected chi connectivity index (χ3v) is 5.68. The van der Waals surface area contributed by atoms with Crippen molar-refractivity contribution >= 4 is 38.8 Å². The van der Waals surface area contributed by atoms with Gasteiger partial charge in [0.05, 0.1) is 10.6 Å². The largest absolute Gasteiger partial charge is 0.331 e. The number of hydrazone groups is 1. The summed E-state index contributed by atoms with van der Waals surface area (Å²) in [4.78, 5) is 0.157. The second-order valence-electron chi connectivity index (χ2n) is 5.80. The minimum absolute atomic E-state index is 0.157. The first-order valence-electron chi connectivity index (χ1n) is 8.16. The molecular formula is C18H21FN4O2S2. The van der Waals surface area contributed by atoms with Crippen molar-refractivity contribution in [2.45, 2.75) is 18.2 Å². The van der Waals surface area contributed by atoms with Crippen molar-refractivity contribution in [3.8, 4) is 0 Å². The van der Waals surface area contributed by atoms with Gasteiger partial charge in [0.1, 0.15) is 5.82 Å². The number of nitrogens with one attached hydrogen (secondary N) is 2. The van der Waals surface area contributed by atoms with Crippen molar-refractivity contribution in [1.29, 1.82) is 0 Å². The molecule has 9 heteroatoms. The zero-order valence-corrected chi connectivity index (χ0v) is 16.9. The van der Waals surface area contributed by atoms with E-state index < -0.39 is 10.0 Å². The van der Waals surface area contributed by atoms with Crippen LogP contribution in [0.25, 0.3) is 0 Å². The first kappa shape index (κ1) is 20.9. The van der Waals surface area contributed by atoms with E-state index in [0.717, 1.165) is 9.87 Å². The molecule has 0 saturated heterocycles. The Morgan fingerprint density at radius 2 is 1.85 bits per heavy atom. The highest BCUT2D eigenvalue weighted by atomic mass is 32.2. The number of thiocarbonyl (C=S) groups is 1. The van der Waals surface area contributed by atoms with Crippen molar-refractivity contribution in [3.05, 3.63) is 59.9 Å². The van der Waals surface area contributed by atoms with Crippen LogP contribution in [0, 0.1) is 5.82 Å². The number of rotatable bonds is 6. The third kappa shape index (κ3) is 5.56. The highest BCUT2D eigenvalue weighted by Gasteiger charge is 2.17. The number of halogens is 1. The molecule has 2 rings (SSSR count). The summed E-state index contributed by atoms with van der Waals surface area (Å²) < 4.78 is 38.6. The molecule has 2 N–H and O–H groups in total. The molecule has 6 nitrogen and oxygen atoms in total. The second-order valence-corrected chi connectivity index (χ2v) is 8.36. The molecule has 2 aromatic rings. The van der Waals surface area contributed by atoms with E-state index in [4.69, 9.17) is 12.2 Å². The smallest absolute Gasteiger partial charge is 0.242 e. The fourth-order valence-electron chi connectivity index (χ4n) is 2.21. The molecular weight excluding hydrogens is 387 g/mol. The highest BCUT2D eigenvalue weighted by Crippen LogP contribution is 2.18. The van der Waals surface area contributed by atoms with Crippen molar-refractivity contribution in [2.75, 3.05) is 19.4 Å². The number of nitrogens with zero attached hydrogens (tertiary/aromatic N) is 2. The van der Waals surface area contributed by atoms with E-state index >= 15 is 0 Å². The molecule has 0 atom stereocenters. The molecule has 0 saturated carbocycles. The Labute approximate surface area is 164 Å². The maximum absolute atomic E-state index is 13.0. The van der Waals surface area contributed by atoms with Crippen LogP contribution < -0.4 is 10.7 Å². The summed E-state index contributed by atoms with van der Waals surface area (Å²) >= 11 is 5.21. The number of benzene rings is 2. The lowest BCUT2D eigenvalue weighted by Gasteiger charge is -2.13. The van der Waals surface area contributed by atoms with Gasteiger partial charge in [0.15, 0.2) is 5.11 Å². The molecule has 144 valence electrons. The minimum Gasteiger partial charge on any atom is -0.331 e. The Hall–Kier alpha value is -2.36. The maximum atomic E-state index is 13.0. The molecule has 0 aromatic heterocycles. The van der Waals surface area contributed by atoms with Crippen LogP contribution >= 0.6 is 12.2 Å². The van der Waals surface area contributed by atoms with Crippen LogP contribution in [-0.2, 0) is 10.0 Å². The van der Waals surface area contributed by atoms with Crippen LogP contribution in [0.15, 0.2) is 58.5 Å². The van der Waals surface area contributed by atoms with Crippen LogP contribution in [0.2, 0.25) is 0 Å². The number of hydrogen-bond donors (Lipinski definition) is 2. The van der Waals surface area contributed by atoms with Crippen molar-refractivity contribution in [1.82, 2.24) is 9.73 Å². The molecule has 0 radical (unpaired) electrons. The van der Waals surface area contributed by atoms with Gasteiger partial charge in [-0.1, -0.05) is 25.1 Å². The van der Waals surface area contributed by atoms with Crippen LogP contribution in [0.1, 0.15) is 18.9 Å². The van der Waals surface area contributed by atoms with Crippen molar-refractivity contribution in [3.63, 3.8) is 0 Å². The molecule has 0 heterocycles. The van der Waals surface area contributed by atoms with Gasteiger partial charge < -0.3 is 5.32 Å². The Morgan fingerprint density at radius 3 is 2.44 bits per heavy atom. The van der Waals surface area contributed by atoms with Crippen molar-refractivity contribution in [2.24, 2.45) is 5.10 Å². The van der Waals surface area contributed by atoms with Crippen LogP contribution in [0.5, 0.6) is 0 Å². The average molecular weight is 409 g/mol. The molecule has 0 spiro atoms. The van der Waals surface area contributed by atoms with Crippen LogP contribution in [-0.4, -0.2) is 37.6 Å².